The highest BCUT2D eigenvalue weighted by Crippen LogP contribution is 2.11. The monoisotopic (exact) mass is 279 g/mol. The van der Waals surface area contributed by atoms with Gasteiger partial charge in [0, 0.05) is 17.2 Å². The second kappa shape index (κ2) is 5.27. The molecule has 0 fully saturated rings. The van der Waals surface area contributed by atoms with Crippen molar-refractivity contribution in [3.8, 4) is 0 Å². The van der Waals surface area contributed by atoms with E-state index in [9.17, 15) is 0 Å². The maximum absolute atomic E-state index is 4.46. The lowest BCUT2D eigenvalue weighted by Gasteiger charge is -2.02. The fourth-order valence-electron chi connectivity index (χ4n) is 1.54. The van der Waals surface area contributed by atoms with E-state index in [0.29, 0.717) is 0 Å². The highest BCUT2D eigenvalue weighted by atomic mass is 79.9. The molecule has 1 N–H and O–H groups in total. The van der Waals surface area contributed by atoms with E-state index >= 15 is 0 Å². The van der Waals surface area contributed by atoms with Crippen molar-refractivity contribution in [1.82, 2.24) is 15.1 Å². The summed E-state index contributed by atoms with van der Waals surface area (Å²) >= 11 is 3.42. The molecule has 1 heterocycles. The Morgan fingerprint density at radius 2 is 2.00 bits per heavy atom. The van der Waals surface area contributed by atoms with Gasteiger partial charge in [0.05, 0.1) is 12.2 Å². The van der Waals surface area contributed by atoms with Crippen LogP contribution in [0.4, 0.5) is 0 Å². The van der Waals surface area contributed by atoms with Crippen LogP contribution in [0.3, 0.4) is 0 Å². The summed E-state index contributed by atoms with van der Waals surface area (Å²) in [4.78, 5) is 0. The van der Waals surface area contributed by atoms with Crippen LogP contribution in [0.2, 0.25) is 0 Å². The second-order valence-corrected chi connectivity index (χ2v) is 4.58. The predicted molar refractivity (Wildman–Crippen MR) is 68.2 cm³/mol. The van der Waals surface area contributed by atoms with Crippen LogP contribution in [0.1, 0.15) is 11.3 Å². The van der Waals surface area contributed by atoms with Crippen LogP contribution >= 0.6 is 15.9 Å². The Balaban J connectivity index is 2.05. The molecule has 4 heteroatoms. The average molecular weight is 280 g/mol. The minimum atomic E-state index is 0.813. The summed E-state index contributed by atoms with van der Waals surface area (Å²) in [5.74, 6) is 0. The standard InChI is InChI=1S/C12H14BrN3/c1-14-8-12-6-7-16(15-12)9-10-2-4-11(13)5-3-10/h2-7,14H,8-9H2,1H3. The molecule has 0 atom stereocenters. The van der Waals surface area contributed by atoms with Crippen molar-refractivity contribution in [3.63, 3.8) is 0 Å². The Morgan fingerprint density at radius 3 is 2.69 bits per heavy atom. The fraction of sp³-hybridized carbons (Fsp3) is 0.250. The predicted octanol–water partition coefficient (Wildman–Crippen LogP) is 2.41. The summed E-state index contributed by atoms with van der Waals surface area (Å²) in [5, 5.41) is 7.55. The van der Waals surface area contributed by atoms with Gasteiger partial charge in [-0.15, -0.1) is 0 Å². The third-order valence-corrected chi connectivity index (χ3v) is 2.84. The number of rotatable bonds is 4. The molecule has 84 valence electrons. The molecule has 0 amide bonds. The maximum atomic E-state index is 4.46. The van der Waals surface area contributed by atoms with Crippen molar-refractivity contribution in [3.05, 3.63) is 52.3 Å². The quantitative estimate of drug-likeness (QED) is 0.932. The maximum Gasteiger partial charge on any atom is 0.0762 e. The van der Waals surface area contributed by atoms with Gasteiger partial charge in [0.25, 0.3) is 0 Å². The Bertz CT molecular complexity index is 448. The average Bonchev–Trinajstić information content (AvgIpc) is 2.70. The molecule has 0 aliphatic rings. The van der Waals surface area contributed by atoms with Crippen molar-refractivity contribution in [2.24, 2.45) is 0 Å². The Hall–Kier alpha value is -1.13. The van der Waals surface area contributed by atoms with Gasteiger partial charge in [-0.1, -0.05) is 28.1 Å². The molecule has 2 aromatic rings. The van der Waals surface area contributed by atoms with E-state index in [4.69, 9.17) is 0 Å². The summed E-state index contributed by atoms with van der Waals surface area (Å²) in [6.07, 6.45) is 2.01. The third-order valence-electron chi connectivity index (χ3n) is 2.31. The van der Waals surface area contributed by atoms with Crippen LogP contribution in [0.15, 0.2) is 41.0 Å². The molecule has 0 aliphatic carbocycles. The zero-order valence-electron chi connectivity index (χ0n) is 9.15. The number of hydrogen-bond acceptors (Lipinski definition) is 2. The Labute approximate surface area is 104 Å². The molecular formula is C12H14BrN3. The van der Waals surface area contributed by atoms with E-state index in [1.165, 1.54) is 5.56 Å². The van der Waals surface area contributed by atoms with Crippen molar-refractivity contribution in [1.29, 1.82) is 0 Å². The Kier molecular flexibility index (Phi) is 3.74. The zero-order chi connectivity index (χ0) is 11.4. The number of benzene rings is 1. The van der Waals surface area contributed by atoms with Crippen LogP contribution in [-0.2, 0) is 13.1 Å². The Morgan fingerprint density at radius 1 is 1.25 bits per heavy atom. The van der Waals surface area contributed by atoms with E-state index in [1.807, 2.05) is 36.1 Å². The van der Waals surface area contributed by atoms with Crippen LogP contribution in [-0.4, -0.2) is 16.8 Å². The summed E-state index contributed by atoms with van der Waals surface area (Å²) < 4.78 is 3.06. The van der Waals surface area contributed by atoms with Crippen molar-refractivity contribution in [2.45, 2.75) is 13.1 Å². The lowest BCUT2D eigenvalue weighted by atomic mass is 10.2. The summed E-state index contributed by atoms with van der Waals surface area (Å²) in [6.45, 7) is 1.63. The van der Waals surface area contributed by atoms with Crippen LogP contribution in [0.25, 0.3) is 0 Å². The first kappa shape index (κ1) is 11.4. The first-order chi connectivity index (χ1) is 7.78. The van der Waals surface area contributed by atoms with E-state index in [2.05, 4.69) is 38.5 Å². The van der Waals surface area contributed by atoms with Gasteiger partial charge in [0.15, 0.2) is 0 Å². The number of nitrogens with one attached hydrogen (secondary N) is 1. The summed E-state index contributed by atoms with van der Waals surface area (Å²) in [5.41, 5.74) is 2.32. The van der Waals surface area contributed by atoms with Gasteiger partial charge in [0.1, 0.15) is 0 Å². The first-order valence-electron chi connectivity index (χ1n) is 5.19. The fourth-order valence-corrected chi connectivity index (χ4v) is 1.81. The second-order valence-electron chi connectivity index (χ2n) is 3.66. The molecule has 0 aliphatic heterocycles. The molecule has 0 saturated carbocycles. The highest BCUT2D eigenvalue weighted by Gasteiger charge is 1.99. The molecule has 2 rings (SSSR count). The minimum absolute atomic E-state index is 0.813. The van der Waals surface area contributed by atoms with Gasteiger partial charge in [-0.05, 0) is 30.8 Å². The molecule has 0 bridgehead atoms. The van der Waals surface area contributed by atoms with Gasteiger partial charge < -0.3 is 5.32 Å². The van der Waals surface area contributed by atoms with Crippen LogP contribution < -0.4 is 5.32 Å². The van der Waals surface area contributed by atoms with Gasteiger partial charge >= 0.3 is 0 Å². The van der Waals surface area contributed by atoms with Crippen molar-refractivity contribution >= 4 is 15.9 Å². The minimum Gasteiger partial charge on any atom is -0.314 e. The van der Waals surface area contributed by atoms with E-state index in [0.717, 1.165) is 23.3 Å². The van der Waals surface area contributed by atoms with Crippen molar-refractivity contribution in [2.75, 3.05) is 7.05 Å². The van der Waals surface area contributed by atoms with E-state index in [1.54, 1.807) is 0 Å². The van der Waals surface area contributed by atoms with Crippen LogP contribution in [0.5, 0.6) is 0 Å². The van der Waals surface area contributed by atoms with Crippen LogP contribution in [0, 0.1) is 0 Å². The normalized spacial score (nSPS) is 10.6. The largest absolute Gasteiger partial charge is 0.314 e. The van der Waals surface area contributed by atoms with Gasteiger partial charge in [-0.3, -0.25) is 4.68 Å². The van der Waals surface area contributed by atoms with Gasteiger partial charge in [-0.2, -0.15) is 5.10 Å². The topological polar surface area (TPSA) is 29.9 Å². The van der Waals surface area contributed by atoms with Gasteiger partial charge in [-0.25, -0.2) is 0 Å². The molecule has 1 aromatic heterocycles. The SMILES string of the molecule is CNCc1ccn(Cc2ccc(Br)cc2)n1. The number of aromatic nitrogens is 2. The smallest absolute Gasteiger partial charge is 0.0762 e. The summed E-state index contributed by atoms with van der Waals surface area (Å²) in [7, 11) is 1.92. The molecule has 3 nitrogen and oxygen atoms in total. The van der Waals surface area contributed by atoms with E-state index < -0.39 is 0 Å². The molecule has 0 spiro atoms. The highest BCUT2D eigenvalue weighted by molar-refractivity contribution is 9.10. The number of hydrogen-bond donors (Lipinski definition) is 1. The zero-order valence-corrected chi connectivity index (χ0v) is 10.7. The number of nitrogens with zero attached hydrogens (tertiary/aromatic N) is 2. The van der Waals surface area contributed by atoms with E-state index in [-0.39, 0.29) is 0 Å². The molecular weight excluding hydrogens is 266 g/mol. The third kappa shape index (κ3) is 2.93. The molecule has 0 unspecified atom stereocenters. The molecule has 16 heavy (non-hydrogen) atoms. The first-order valence-corrected chi connectivity index (χ1v) is 5.98. The number of halogens is 1. The molecule has 0 radical (unpaired) electrons. The molecule has 0 saturated heterocycles. The summed E-state index contributed by atoms with van der Waals surface area (Å²) in [6, 6.07) is 10.3. The van der Waals surface area contributed by atoms with Gasteiger partial charge in [0.2, 0.25) is 0 Å². The lowest BCUT2D eigenvalue weighted by Crippen LogP contribution is -2.07. The van der Waals surface area contributed by atoms with Crippen molar-refractivity contribution < 1.29 is 0 Å². The lowest BCUT2D eigenvalue weighted by molar-refractivity contribution is 0.659. The molecule has 1 aromatic carbocycles.